The van der Waals surface area contributed by atoms with Gasteiger partial charge < -0.3 is 20.3 Å². The molecule has 0 aliphatic carbocycles. The highest BCUT2D eigenvalue weighted by Gasteiger charge is 2.23. The lowest BCUT2D eigenvalue weighted by atomic mass is 10.0. The lowest BCUT2D eigenvalue weighted by molar-refractivity contribution is -0.150. The van der Waals surface area contributed by atoms with E-state index in [0.29, 0.717) is 19.3 Å². The van der Waals surface area contributed by atoms with Gasteiger partial charge >= 0.3 is 5.97 Å². The van der Waals surface area contributed by atoms with Gasteiger partial charge in [0.25, 0.3) is 0 Å². The number of rotatable bonds is 42. The Bertz CT molecular complexity index is 1270. The van der Waals surface area contributed by atoms with Crippen LogP contribution >= 0.6 is 0 Å². The minimum Gasteiger partial charge on any atom is -0.462 e. The van der Waals surface area contributed by atoms with E-state index < -0.39 is 18.2 Å². The minimum absolute atomic E-state index is 0.00325. The predicted molar refractivity (Wildman–Crippen MR) is 263 cm³/mol. The molecule has 3 atom stereocenters. The summed E-state index contributed by atoms with van der Waals surface area (Å²) in [6.07, 6.45) is 64.5. The lowest BCUT2D eigenvalue weighted by Crippen LogP contribution is -2.46. The van der Waals surface area contributed by atoms with Gasteiger partial charge in [-0.05, 0) is 96.3 Å². The zero-order valence-corrected chi connectivity index (χ0v) is 39.2. The van der Waals surface area contributed by atoms with Crippen LogP contribution in [0, 0.1) is 0 Å². The number of aliphatic hydroxyl groups excluding tert-OH is 2. The summed E-state index contributed by atoms with van der Waals surface area (Å²) >= 11 is 0. The molecule has 0 aromatic heterocycles. The number of amides is 1. The third-order valence-electron chi connectivity index (χ3n) is 10.3. The maximum Gasteiger partial charge on any atom is 0.306 e. The summed E-state index contributed by atoms with van der Waals surface area (Å²) in [6.45, 7) is 6.27. The van der Waals surface area contributed by atoms with Crippen molar-refractivity contribution in [1.29, 1.82) is 0 Å². The zero-order valence-electron chi connectivity index (χ0n) is 39.2. The molecular formula is C55H91NO5. The maximum atomic E-state index is 13.2. The number of hydrogen-bond acceptors (Lipinski definition) is 5. The number of ether oxygens (including phenoxy) is 1. The van der Waals surface area contributed by atoms with Gasteiger partial charge in [-0.3, -0.25) is 9.59 Å². The molecule has 0 fully saturated rings. The molecule has 0 saturated carbocycles. The van der Waals surface area contributed by atoms with Gasteiger partial charge in [-0.1, -0.05) is 201 Å². The van der Waals surface area contributed by atoms with E-state index in [1.165, 1.54) is 64.2 Å². The third kappa shape index (κ3) is 43.0. The first-order valence-electron chi connectivity index (χ1n) is 24.6. The van der Waals surface area contributed by atoms with Gasteiger partial charge in [0.05, 0.1) is 25.2 Å². The van der Waals surface area contributed by atoms with E-state index in [1.54, 1.807) is 0 Å². The van der Waals surface area contributed by atoms with Crippen LogP contribution in [0.2, 0.25) is 0 Å². The molecule has 0 spiro atoms. The van der Waals surface area contributed by atoms with Gasteiger partial charge in [-0.15, -0.1) is 0 Å². The molecule has 0 saturated heterocycles. The molecule has 0 bridgehead atoms. The molecule has 346 valence electrons. The topological polar surface area (TPSA) is 95.9 Å². The normalized spacial score (nSPS) is 14.2. The number of esters is 1. The fourth-order valence-corrected chi connectivity index (χ4v) is 6.64. The van der Waals surface area contributed by atoms with Crippen LogP contribution in [0.1, 0.15) is 201 Å². The predicted octanol–water partition coefficient (Wildman–Crippen LogP) is 14.7. The molecule has 6 heteroatoms. The Morgan fingerprint density at radius 2 is 0.902 bits per heavy atom. The standard InChI is InChI=1S/C55H91NO5/c1-4-7-10-13-16-19-21-23-25-27-28-30-32-35-37-40-43-46-51(49-54(59)56-52(50-57)53(58)47-44-41-38-34-18-15-12-9-6-3)61-55(60)48-45-42-39-36-33-31-29-26-24-22-20-17-14-11-8-5-2/h8,11,16-17,19-20,23-26,28,30-31,33,35,37,39,42,51-53,57-58H,4-7,9-10,12-15,18,21-22,27,29,32,34,36,38,40-41,43-50H2,1-3H3,(H,56,59)/b11-8+,19-16-,20-17+,25-23-,26-24+,30-28-,33-31+,37-35-,42-39+. The van der Waals surface area contributed by atoms with E-state index in [9.17, 15) is 19.8 Å². The molecule has 0 aliphatic rings. The summed E-state index contributed by atoms with van der Waals surface area (Å²) in [5.74, 6) is -0.640. The Labute approximate surface area is 375 Å². The van der Waals surface area contributed by atoms with Gasteiger partial charge in [0.1, 0.15) is 6.10 Å². The molecule has 0 heterocycles. The summed E-state index contributed by atoms with van der Waals surface area (Å²) in [5.41, 5.74) is 0. The Morgan fingerprint density at radius 3 is 1.38 bits per heavy atom. The highest BCUT2D eigenvalue weighted by Crippen LogP contribution is 2.15. The molecule has 0 rings (SSSR count). The average molecular weight is 846 g/mol. The number of carbonyl (C=O) groups excluding carboxylic acids is 2. The molecule has 0 radical (unpaired) electrons. The van der Waals surface area contributed by atoms with Crippen molar-refractivity contribution in [2.45, 2.75) is 219 Å². The molecular weight excluding hydrogens is 755 g/mol. The van der Waals surface area contributed by atoms with Gasteiger partial charge in [0, 0.05) is 6.42 Å². The summed E-state index contributed by atoms with van der Waals surface area (Å²) in [7, 11) is 0. The van der Waals surface area contributed by atoms with Gasteiger partial charge in [0.15, 0.2) is 0 Å². The second kappa shape index (κ2) is 47.6. The van der Waals surface area contributed by atoms with E-state index in [2.05, 4.69) is 129 Å². The SMILES string of the molecule is CC/C=C/C/C=C/C/C=C/C/C=C/C/C=C/CCC(=O)OC(CCC/C=C\C/C=C\C/C=C\C/C=C\CCCCC)CC(=O)NC(CO)C(O)CCCCCCCCCCC. The quantitative estimate of drug-likeness (QED) is 0.0323. The minimum atomic E-state index is -0.819. The third-order valence-corrected chi connectivity index (χ3v) is 10.3. The highest BCUT2D eigenvalue weighted by molar-refractivity contribution is 5.77. The van der Waals surface area contributed by atoms with Crippen LogP contribution in [0.5, 0.6) is 0 Å². The highest BCUT2D eigenvalue weighted by atomic mass is 16.5. The van der Waals surface area contributed by atoms with Crippen LogP contribution in [0.4, 0.5) is 0 Å². The Morgan fingerprint density at radius 1 is 0.492 bits per heavy atom. The fourth-order valence-electron chi connectivity index (χ4n) is 6.64. The van der Waals surface area contributed by atoms with Crippen molar-refractivity contribution in [3.8, 4) is 0 Å². The first-order chi connectivity index (χ1) is 30.0. The summed E-state index contributed by atoms with van der Waals surface area (Å²) in [5, 5.41) is 23.6. The van der Waals surface area contributed by atoms with Gasteiger partial charge in [-0.25, -0.2) is 0 Å². The maximum absolute atomic E-state index is 13.2. The van der Waals surface area contributed by atoms with Gasteiger partial charge in [-0.2, -0.15) is 0 Å². The van der Waals surface area contributed by atoms with Crippen LogP contribution in [0.25, 0.3) is 0 Å². The first-order valence-corrected chi connectivity index (χ1v) is 24.6. The van der Waals surface area contributed by atoms with E-state index in [0.717, 1.165) is 83.5 Å². The largest absolute Gasteiger partial charge is 0.462 e. The molecule has 0 aromatic carbocycles. The first kappa shape index (κ1) is 57.5. The van der Waals surface area contributed by atoms with Crippen molar-refractivity contribution in [2.24, 2.45) is 0 Å². The van der Waals surface area contributed by atoms with Crippen LogP contribution in [0.15, 0.2) is 109 Å². The van der Waals surface area contributed by atoms with E-state index in [4.69, 9.17) is 4.74 Å². The number of carbonyl (C=O) groups is 2. The molecule has 3 N–H and O–H groups in total. The van der Waals surface area contributed by atoms with Crippen LogP contribution in [-0.4, -0.2) is 46.9 Å². The Hall–Kier alpha value is -3.48. The van der Waals surface area contributed by atoms with Crippen molar-refractivity contribution >= 4 is 11.9 Å². The number of allylic oxidation sites excluding steroid dienone is 18. The molecule has 1 amide bonds. The summed E-state index contributed by atoms with van der Waals surface area (Å²) in [6, 6.07) is -0.739. The lowest BCUT2D eigenvalue weighted by Gasteiger charge is -2.24. The van der Waals surface area contributed by atoms with Crippen LogP contribution in [-0.2, 0) is 14.3 Å². The van der Waals surface area contributed by atoms with Crippen molar-refractivity contribution in [3.63, 3.8) is 0 Å². The average Bonchev–Trinajstić information content (AvgIpc) is 3.25. The van der Waals surface area contributed by atoms with E-state index >= 15 is 0 Å². The van der Waals surface area contributed by atoms with Crippen molar-refractivity contribution in [1.82, 2.24) is 5.32 Å². The summed E-state index contributed by atoms with van der Waals surface area (Å²) in [4.78, 5) is 26.0. The molecule has 61 heavy (non-hydrogen) atoms. The number of hydrogen-bond donors (Lipinski definition) is 3. The summed E-state index contributed by atoms with van der Waals surface area (Å²) < 4.78 is 5.85. The van der Waals surface area contributed by atoms with Gasteiger partial charge in [0.2, 0.25) is 5.91 Å². The van der Waals surface area contributed by atoms with E-state index in [1.807, 2.05) is 6.08 Å². The zero-order chi connectivity index (χ0) is 44.5. The Kier molecular flexibility index (Phi) is 44.9. The number of nitrogens with one attached hydrogen (secondary N) is 1. The van der Waals surface area contributed by atoms with Crippen molar-refractivity contribution in [3.05, 3.63) is 109 Å². The van der Waals surface area contributed by atoms with Crippen LogP contribution < -0.4 is 5.32 Å². The monoisotopic (exact) mass is 846 g/mol. The Balaban J connectivity index is 4.85. The second-order valence-electron chi connectivity index (χ2n) is 16.1. The smallest absolute Gasteiger partial charge is 0.306 e. The number of aliphatic hydroxyl groups is 2. The van der Waals surface area contributed by atoms with Crippen molar-refractivity contribution in [2.75, 3.05) is 6.61 Å². The van der Waals surface area contributed by atoms with Crippen molar-refractivity contribution < 1.29 is 24.5 Å². The fraction of sp³-hybridized carbons (Fsp3) is 0.636. The van der Waals surface area contributed by atoms with E-state index in [-0.39, 0.29) is 31.3 Å². The number of unbranched alkanes of at least 4 members (excludes halogenated alkanes) is 12. The molecule has 0 aliphatic heterocycles. The second-order valence-corrected chi connectivity index (χ2v) is 16.1. The molecule has 6 nitrogen and oxygen atoms in total. The van der Waals surface area contributed by atoms with Crippen LogP contribution in [0.3, 0.4) is 0 Å². The molecule has 0 aromatic rings. The molecule has 3 unspecified atom stereocenters.